The second kappa shape index (κ2) is 4.33. The van der Waals surface area contributed by atoms with Gasteiger partial charge in [0.1, 0.15) is 0 Å². The van der Waals surface area contributed by atoms with Crippen molar-refractivity contribution in [3.05, 3.63) is 28.8 Å². The fourth-order valence-electron chi connectivity index (χ4n) is 1.16. The van der Waals surface area contributed by atoms with Gasteiger partial charge in [-0.15, -0.1) is 0 Å². The Morgan fingerprint density at radius 1 is 1.50 bits per heavy atom. The van der Waals surface area contributed by atoms with Crippen LogP contribution in [0.5, 0.6) is 0 Å². The van der Waals surface area contributed by atoms with E-state index in [0.717, 1.165) is 0 Å². The van der Waals surface area contributed by atoms with Gasteiger partial charge < -0.3 is 11.1 Å². The van der Waals surface area contributed by atoms with Crippen LogP contribution in [-0.2, 0) is 0 Å². The van der Waals surface area contributed by atoms with E-state index in [1.807, 2.05) is 13.8 Å². The number of amides is 1. The first-order valence-corrected chi connectivity index (χ1v) is 4.74. The summed E-state index contributed by atoms with van der Waals surface area (Å²) in [4.78, 5) is 11.1. The van der Waals surface area contributed by atoms with Crippen LogP contribution in [0, 0.1) is 0 Å². The molecule has 0 saturated heterocycles. The highest BCUT2D eigenvalue weighted by Gasteiger charge is 2.08. The summed E-state index contributed by atoms with van der Waals surface area (Å²) in [6.45, 7) is 3.96. The number of hydrogen-bond acceptors (Lipinski definition) is 2. The fourth-order valence-corrected chi connectivity index (χ4v) is 1.33. The first-order valence-electron chi connectivity index (χ1n) is 4.36. The van der Waals surface area contributed by atoms with Crippen molar-refractivity contribution in [2.75, 3.05) is 5.32 Å². The lowest BCUT2D eigenvalue weighted by Gasteiger charge is -2.13. The Bertz CT molecular complexity index is 350. The van der Waals surface area contributed by atoms with Gasteiger partial charge in [-0.05, 0) is 32.0 Å². The lowest BCUT2D eigenvalue weighted by Crippen LogP contribution is -2.17. The van der Waals surface area contributed by atoms with Crippen molar-refractivity contribution in [3.8, 4) is 0 Å². The number of nitrogens with one attached hydrogen (secondary N) is 1. The van der Waals surface area contributed by atoms with Crippen molar-refractivity contribution in [1.29, 1.82) is 0 Å². The van der Waals surface area contributed by atoms with Crippen LogP contribution in [0.25, 0.3) is 0 Å². The van der Waals surface area contributed by atoms with E-state index >= 15 is 0 Å². The van der Waals surface area contributed by atoms with Crippen LogP contribution < -0.4 is 11.1 Å². The van der Waals surface area contributed by atoms with E-state index in [-0.39, 0.29) is 6.04 Å². The van der Waals surface area contributed by atoms with Gasteiger partial charge in [0, 0.05) is 16.8 Å². The minimum atomic E-state index is -0.454. The Balaban J connectivity index is 3.09. The van der Waals surface area contributed by atoms with Crippen molar-refractivity contribution in [3.63, 3.8) is 0 Å². The van der Waals surface area contributed by atoms with Gasteiger partial charge in [-0.1, -0.05) is 11.6 Å². The topological polar surface area (TPSA) is 55.1 Å². The molecular formula is C10H13ClN2O. The summed E-state index contributed by atoms with van der Waals surface area (Å²) in [6.07, 6.45) is 0. The number of halogens is 1. The summed E-state index contributed by atoms with van der Waals surface area (Å²) in [7, 11) is 0. The number of benzene rings is 1. The maximum absolute atomic E-state index is 11.1. The summed E-state index contributed by atoms with van der Waals surface area (Å²) in [5.41, 5.74) is 6.36. The first kappa shape index (κ1) is 10.9. The molecule has 0 atom stereocenters. The van der Waals surface area contributed by atoms with E-state index in [1.165, 1.54) is 0 Å². The van der Waals surface area contributed by atoms with Gasteiger partial charge in [-0.3, -0.25) is 4.79 Å². The minimum absolute atomic E-state index is 0.228. The van der Waals surface area contributed by atoms with Crippen molar-refractivity contribution >= 4 is 23.2 Å². The third-order valence-electron chi connectivity index (χ3n) is 1.69. The van der Waals surface area contributed by atoms with Gasteiger partial charge in [-0.25, -0.2) is 0 Å². The molecule has 0 aromatic heterocycles. The minimum Gasteiger partial charge on any atom is -0.382 e. The molecule has 0 aliphatic carbocycles. The standard InChI is InChI=1S/C10H13ClN2O/c1-6(2)13-9-5-7(11)3-4-8(9)10(12)14/h3-6,13H,1-2H3,(H2,12,14). The fraction of sp³-hybridized carbons (Fsp3) is 0.300. The normalized spacial score (nSPS) is 10.3. The van der Waals surface area contributed by atoms with Gasteiger partial charge >= 0.3 is 0 Å². The number of carbonyl (C=O) groups is 1. The molecular weight excluding hydrogens is 200 g/mol. The molecule has 0 aliphatic heterocycles. The number of rotatable bonds is 3. The molecule has 4 heteroatoms. The molecule has 0 saturated carbocycles. The number of nitrogens with two attached hydrogens (primary N) is 1. The second-order valence-corrected chi connectivity index (χ2v) is 3.79. The molecule has 1 rings (SSSR count). The third-order valence-corrected chi connectivity index (χ3v) is 1.93. The van der Waals surface area contributed by atoms with Crippen LogP contribution in [0.1, 0.15) is 24.2 Å². The monoisotopic (exact) mass is 212 g/mol. The van der Waals surface area contributed by atoms with Crippen LogP contribution in [0.3, 0.4) is 0 Å². The molecule has 0 unspecified atom stereocenters. The molecule has 14 heavy (non-hydrogen) atoms. The Morgan fingerprint density at radius 3 is 2.64 bits per heavy atom. The predicted molar refractivity (Wildman–Crippen MR) is 58.7 cm³/mol. The van der Waals surface area contributed by atoms with E-state index in [1.54, 1.807) is 18.2 Å². The van der Waals surface area contributed by atoms with Crippen LogP contribution >= 0.6 is 11.6 Å². The van der Waals surface area contributed by atoms with Crippen LogP contribution in [0.2, 0.25) is 5.02 Å². The number of primary amides is 1. The molecule has 0 heterocycles. The van der Waals surface area contributed by atoms with Gasteiger partial charge in [0.15, 0.2) is 0 Å². The predicted octanol–water partition coefficient (Wildman–Crippen LogP) is 2.26. The average molecular weight is 213 g/mol. The first-order chi connectivity index (χ1) is 6.50. The zero-order valence-corrected chi connectivity index (χ0v) is 8.93. The van der Waals surface area contributed by atoms with Crippen LogP contribution in [0.4, 0.5) is 5.69 Å². The number of carbonyl (C=O) groups excluding carboxylic acids is 1. The van der Waals surface area contributed by atoms with Crippen molar-refractivity contribution in [2.45, 2.75) is 19.9 Å². The molecule has 1 amide bonds. The Labute approximate surface area is 88.2 Å². The molecule has 3 N–H and O–H groups in total. The maximum Gasteiger partial charge on any atom is 0.250 e. The Kier molecular flexibility index (Phi) is 3.36. The zero-order valence-electron chi connectivity index (χ0n) is 8.17. The van der Waals surface area contributed by atoms with Gasteiger partial charge in [0.05, 0.1) is 5.56 Å². The van der Waals surface area contributed by atoms with Crippen molar-refractivity contribution in [1.82, 2.24) is 0 Å². The van der Waals surface area contributed by atoms with E-state index in [4.69, 9.17) is 17.3 Å². The highest BCUT2D eigenvalue weighted by molar-refractivity contribution is 6.31. The summed E-state index contributed by atoms with van der Waals surface area (Å²) in [5.74, 6) is -0.454. The maximum atomic E-state index is 11.1. The zero-order chi connectivity index (χ0) is 10.7. The molecule has 0 fully saturated rings. The lowest BCUT2D eigenvalue weighted by atomic mass is 10.1. The second-order valence-electron chi connectivity index (χ2n) is 3.35. The molecule has 1 aromatic carbocycles. The van der Waals surface area contributed by atoms with Crippen molar-refractivity contribution < 1.29 is 4.79 Å². The largest absolute Gasteiger partial charge is 0.382 e. The summed E-state index contributed by atoms with van der Waals surface area (Å²) in [5, 5.41) is 3.69. The molecule has 0 aliphatic rings. The van der Waals surface area contributed by atoms with E-state index in [2.05, 4.69) is 5.32 Å². The molecule has 0 radical (unpaired) electrons. The van der Waals surface area contributed by atoms with Crippen LogP contribution in [-0.4, -0.2) is 11.9 Å². The number of anilines is 1. The SMILES string of the molecule is CC(C)Nc1cc(Cl)ccc1C(N)=O. The van der Waals surface area contributed by atoms with Crippen LogP contribution in [0.15, 0.2) is 18.2 Å². The highest BCUT2D eigenvalue weighted by atomic mass is 35.5. The smallest absolute Gasteiger partial charge is 0.250 e. The average Bonchev–Trinajstić information content (AvgIpc) is 2.01. The summed E-state index contributed by atoms with van der Waals surface area (Å²) < 4.78 is 0. The van der Waals surface area contributed by atoms with Gasteiger partial charge in [0.25, 0.3) is 5.91 Å². The third kappa shape index (κ3) is 2.64. The highest BCUT2D eigenvalue weighted by Crippen LogP contribution is 2.21. The molecule has 0 bridgehead atoms. The van der Waals surface area contributed by atoms with E-state index in [0.29, 0.717) is 16.3 Å². The molecule has 1 aromatic rings. The lowest BCUT2D eigenvalue weighted by molar-refractivity contribution is 0.100. The Morgan fingerprint density at radius 2 is 2.14 bits per heavy atom. The summed E-state index contributed by atoms with van der Waals surface area (Å²) in [6, 6.07) is 5.19. The van der Waals surface area contributed by atoms with Crippen molar-refractivity contribution in [2.24, 2.45) is 5.73 Å². The van der Waals surface area contributed by atoms with E-state index < -0.39 is 5.91 Å². The quantitative estimate of drug-likeness (QED) is 0.808. The molecule has 76 valence electrons. The summed E-state index contributed by atoms with van der Waals surface area (Å²) >= 11 is 5.81. The molecule has 3 nitrogen and oxygen atoms in total. The van der Waals surface area contributed by atoms with Gasteiger partial charge in [-0.2, -0.15) is 0 Å². The molecule has 0 spiro atoms. The van der Waals surface area contributed by atoms with E-state index in [9.17, 15) is 4.79 Å². The number of hydrogen-bond donors (Lipinski definition) is 2. The van der Waals surface area contributed by atoms with Gasteiger partial charge in [0.2, 0.25) is 0 Å². The Hall–Kier alpha value is -1.22.